The van der Waals surface area contributed by atoms with Crippen molar-refractivity contribution >= 4 is 11.9 Å². The van der Waals surface area contributed by atoms with Gasteiger partial charge < -0.3 is 19.2 Å². The molecule has 0 saturated heterocycles. The van der Waals surface area contributed by atoms with Crippen LogP contribution >= 0.6 is 0 Å². The lowest BCUT2D eigenvalue weighted by Gasteiger charge is -2.16. The fourth-order valence-corrected chi connectivity index (χ4v) is 2.84. The van der Waals surface area contributed by atoms with E-state index in [1.807, 2.05) is 0 Å². The number of carbonyl (C=O) groups excluding carboxylic acids is 1. The van der Waals surface area contributed by atoms with Crippen LogP contribution in [0.25, 0.3) is 6.08 Å². The second kappa shape index (κ2) is 6.93. The number of ketones is 1. The molecule has 2 N–H and O–H groups in total. The van der Waals surface area contributed by atoms with Crippen molar-refractivity contribution in [3.63, 3.8) is 0 Å². The van der Waals surface area contributed by atoms with Crippen molar-refractivity contribution in [2.75, 3.05) is 13.6 Å². The molecule has 1 aliphatic rings. The molecule has 1 aromatic heterocycles. The molecule has 2 heterocycles. The molecule has 0 saturated carbocycles. The van der Waals surface area contributed by atoms with E-state index in [4.69, 9.17) is 9.15 Å². The lowest BCUT2D eigenvalue weighted by atomic mass is 10.0. The highest BCUT2D eigenvalue weighted by Crippen LogP contribution is 2.39. The average molecular weight is 328 g/mol. The molecule has 0 fully saturated rings. The number of phenols is 1. The molecule has 1 unspecified atom stereocenters. The first-order valence-corrected chi connectivity index (χ1v) is 8.24. The van der Waals surface area contributed by atoms with Crippen LogP contribution in [0.4, 0.5) is 0 Å². The van der Waals surface area contributed by atoms with Gasteiger partial charge in [-0.05, 0) is 30.7 Å². The van der Waals surface area contributed by atoms with Gasteiger partial charge in [0.1, 0.15) is 18.1 Å². The van der Waals surface area contributed by atoms with Crippen molar-refractivity contribution in [2.24, 2.45) is 0 Å². The molecule has 0 radical (unpaired) electrons. The Hall–Kier alpha value is -2.53. The molecule has 24 heavy (non-hydrogen) atoms. The van der Waals surface area contributed by atoms with Crippen LogP contribution in [0.3, 0.4) is 0 Å². The number of allylic oxidation sites excluding steroid dienone is 1. The molecule has 1 aromatic carbocycles. The molecule has 0 aliphatic carbocycles. The van der Waals surface area contributed by atoms with Gasteiger partial charge in [-0.25, -0.2) is 0 Å². The van der Waals surface area contributed by atoms with Crippen LogP contribution in [0, 0.1) is 0 Å². The van der Waals surface area contributed by atoms with E-state index in [1.165, 1.54) is 4.90 Å². The minimum Gasteiger partial charge on any atom is -0.507 e. The summed E-state index contributed by atoms with van der Waals surface area (Å²) in [5.41, 5.74) is 1.17. The second-order valence-corrected chi connectivity index (χ2v) is 6.13. The Morgan fingerprint density at radius 3 is 2.83 bits per heavy atom. The van der Waals surface area contributed by atoms with Gasteiger partial charge in [0.05, 0.1) is 31.0 Å². The number of furan rings is 1. The maximum absolute atomic E-state index is 12.5. The van der Waals surface area contributed by atoms with Gasteiger partial charge in [-0.3, -0.25) is 4.79 Å². The molecular weight excluding hydrogens is 306 g/mol. The van der Waals surface area contributed by atoms with Crippen molar-refractivity contribution in [3.05, 3.63) is 53.2 Å². The molecule has 0 bridgehead atoms. The molecule has 5 heteroatoms. The smallest absolute Gasteiger partial charge is 0.232 e. The highest BCUT2D eigenvalue weighted by atomic mass is 16.5. The van der Waals surface area contributed by atoms with Gasteiger partial charge in [-0.1, -0.05) is 13.3 Å². The van der Waals surface area contributed by atoms with Crippen LogP contribution in [-0.4, -0.2) is 24.5 Å². The summed E-state index contributed by atoms with van der Waals surface area (Å²) in [7, 11) is 2.07. The number of aromatic hydroxyl groups is 1. The van der Waals surface area contributed by atoms with Crippen LogP contribution in [0.1, 0.15) is 41.4 Å². The lowest BCUT2D eigenvalue weighted by molar-refractivity contribution is -0.894. The molecule has 1 atom stereocenters. The number of hydrogen-bond donors (Lipinski definition) is 2. The summed E-state index contributed by atoms with van der Waals surface area (Å²) in [4.78, 5) is 13.8. The van der Waals surface area contributed by atoms with E-state index in [-0.39, 0.29) is 17.3 Å². The highest BCUT2D eigenvalue weighted by Gasteiger charge is 2.32. The van der Waals surface area contributed by atoms with Gasteiger partial charge in [0.2, 0.25) is 5.78 Å². The van der Waals surface area contributed by atoms with Crippen LogP contribution in [-0.2, 0) is 6.54 Å². The predicted octanol–water partition coefficient (Wildman–Crippen LogP) is 2.42. The molecule has 5 nitrogen and oxygen atoms in total. The fourth-order valence-electron chi connectivity index (χ4n) is 2.84. The fraction of sp³-hybridized carbons (Fsp3) is 0.316. The van der Waals surface area contributed by atoms with Gasteiger partial charge in [0.25, 0.3) is 0 Å². The summed E-state index contributed by atoms with van der Waals surface area (Å²) < 4.78 is 11.0. The number of Topliss-reactive ketones (excluding diaryl/α,β-unsaturated/α-hetero) is 1. The van der Waals surface area contributed by atoms with Crippen LogP contribution in [0.2, 0.25) is 0 Å². The van der Waals surface area contributed by atoms with E-state index >= 15 is 0 Å². The first-order valence-electron chi connectivity index (χ1n) is 8.24. The van der Waals surface area contributed by atoms with Crippen molar-refractivity contribution in [3.8, 4) is 11.5 Å². The summed E-state index contributed by atoms with van der Waals surface area (Å²) >= 11 is 0. The Morgan fingerprint density at radius 2 is 2.12 bits per heavy atom. The van der Waals surface area contributed by atoms with Crippen molar-refractivity contribution in [1.82, 2.24) is 0 Å². The summed E-state index contributed by atoms with van der Waals surface area (Å²) in [5.74, 6) is 1.22. The normalized spacial score (nSPS) is 16.2. The molecule has 2 aromatic rings. The maximum Gasteiger partial charge on any atom is 0.232 e. The predicted molar refractivity (Wildman–Crippen MR) is 90.1 cm³/mol. The largest absolute Gasteiger partial charge is 0.507 e. The topological polar surface area (TPSA) is 64.1 Å². The number of nitrogens with one attached hydrogen (secondary N) is 1. The number of unbranched alkanes of at least 4 members (excludes halogenated alkanes) is 1. The summed E-state index contributed by atoms with van der Waals surface area (Å²) in [6, 6.07) is 6.69. The van der Waals surface area contributed by atoms with Crippen LogP contribution in [0.5, 0.6) is 11.5 Å². The third-order valence-corrected chi connectivity index (χ3v) is 4.17. The van der Waals surface area contributed by atoms with Crippen molar-refractivity contribution in [2.45, 2.75) is 26.3 Å². The first-order chi connectivity index (χ1) is 11.6. The van der Waals surface area contributed by atoms with Gasteiger partial charge in [-0.2, -0.15) is 0 Å². The monoisotopic (exact) mass is 328 g/mol. The molecule has 3 rings (SSSR count). The number of ether oxygens (including phenoxy) is 1. The summed E-state index contributed by atoms with van der Waals surface area (Å²) in [5, 5.41) is 10.2. The van der Waals surface area contributed by atoms with E-state index < -0.39 is 0 Å². The Morgan fingerprint density at radius 1 is 1.29 bits per heavy atom. The lowest BCUT2D eigenvalue weighted by Crippen LogP contribution is -3.07. The third kappa shape index (κ3) is 3.21. The van der Waals surface area contributed by atoms with Gasteiger partial charge in [0.15, 0.2) is 11.5 Å². The Balaban J connectivity index is 1.89. The van der Waals surface area contributed by atoms with Gasteiger partial charge in [-0.15, -0.1) is 0 Å². The number of carbonyl (C=O) groups is 1. The molecule has 126 valence electrons. The SMILES string of the molecule is CCCC[NH+](C)Cc1c(O)ccc2c1OC(=Cc1ccco1)C2=O. The van der Waals surface area contributed by atoms with E-state index in [9.17, 15) is 9.90 Å². The first kappa shape index (κ1) is 16.3. The zero-order valence-electron chi connectivity index (χ0n) is 14.0. The Kier molecular flexibility index (Phi) is 4.71. The van der Waals surface area contributed by atoms with E-state index in [1.54, 1.807) is 36.6 Å². The number of quaternary nitrogens is 1. The quantitative estimate of drug-likeness (QED) is 0.800. The van der Waals surface area contributed by atoms with E-state index in [0.29, 0.717) is 29.2 Å². The summed E-state index contributed by atoms with van der Waals surface area (Å²) in [6.45, 7) is 3.76. The molecule has 0 spiro atoms. The summed E-state index contributed by atoms with van der Waals surface area (Å²) in [6.07, 6.45) is 5.37. The number of hydrogen-bond acceptors (Lipinski definition) is 4. The molecular formula is C19H22NO4+. The average Bonchev–Trinajstić information content (AvgIpc) is 3.18. The number of fused-ring (bicyclic) bond motifs is 1. The van der Waals surface area contributed by atoms with Crippen molar-refractivity contribution in [1.29, 1.82) is 0 Å². The minimum atomic E-state index is -0.186. The highest BCUT2D eigenvalue weighted by molar-refractivity contribution is 6.14. The standard InChI is InChI=1S/C19H21NO4/c1-3-4-9-20(2)12-15-16(21)8-7-14-18(22)17(24-19(14)15)11-13-6-5-10-23-13/h5-8,10-11,21H,3-4,9,12H2,1-2H3/p+1. The number of rotatable bonds is 6. The third-order valence-electron chi connectivity index (χ3n) is 4.17. The van der Waals surface area contributed by atoms with Crippen LogP contribution in [0.15, 0.2) is 40.7 Å². The van der Waals surface area contributed by atoms with Crippen molar-refractivity contribution < 1.29 is 24.0 Å². The maximum atomic E-state index is 12.5. The molecule has 0 amide bonds. The van der Waals surface area contributed by atoms with E-state index in [0.717, 1.165) is 19.4 Å². The number of phenolic OH excluding ortho intramolecular Hbond substituents is 1. The van der Waals surface area contributed by atoms with Crippen LogP contribution < -0.4 is 9.64 Å². The molecule has 1 aliphatic heterocycles. The Bertz CT molecular complexity index is 762. The zero-order chi connectivity index (χ0) is 17.1. The number of benzene rings is 1. The zero-order valence-corrected chi connectivity index (χ0v) is 14.0. The minimum absolute atomic E-state index is 0.164. The van der Waals surface area contributed by atoms with E-state index in [2.05, 4.69) is 14.0 Å². The Labute approximate surface area is 141 Å². The van der Waals surface area contributed by atoms with Gasteiger partial charge >= 0.3 is 0 Å². The second-order valence-electron chi connectivity index (χ2n) is 6.13. The van der Waals surface area contributed by atoms with Gasteiger partial charge in [0, 0.05) is 6.08 Å².